The molecule has 0 saturated carbocycles. The smallest absolute Gasteiger partial charge is 0.195 e. The number of nitrogens with zero attached hydrogens (tertiary/aromatic N) is 1. The van der Waals surface area contributed by atoms with E-state index in [0.717, 1.165) is 44.3 Å². The Balaban J connectivity index is 1.88. The van der Waals surface area contributed by atoms with Crippen molar-refractivity contribution in [2.45, 2.75) is 20.8 Å². The Hall–Kier alpha value is -3.26. The molecule has 130 valence electrons. The van der Waals surface area contributed by atoms with Crippen LogP contribution in [0.15, 0.2) is 60.8 Å². The first-order valence-corrected chi connectivity index (χ1v) is 9.19. The molecule has 1 aliphatic carbocycles. The van der Waals surface area contributed by atoms with Gasteiger partial charge >= 0.3 is 0 Å². The molecule has 0 fully saturated rings. The number of aryl methyl sites for hydroxylation is 3. The number of fused-ring (bicyclic) bond motifs is 2. The quantitative estimate of drug-likeness (QED) is 0.369. The highest BCUT2D eigenvalue weighted by molar-refractivity contribution is 6.26. The van der Waals surface area contributed by atoms with E-state index in [2.05, 4.69) is 62.4 Å². The van der Waals surface area contributed by atoms with Gasteiger partial charge < -0.3 is 0 Å². The van der Waals surface area contributed by atoms with Crippen LogP contribution in [-0.4, -0.2) is 10.8 Å². The molecule has 4 aromatic rings. The number of carbonyl (C=O) groups is 1. The largest absolute Gasteiger partial charge is 0.289 e. The maximum Gasteiger partial charge on any atom is 0.195 e. The van der Waals surface area contributed by atoms with Crippen LogP contribution in [0, 0.1) is 20.8 Å². The molecule has 0 amide bonds. The van der Waals surface area contributed by atoms with Gasteiger partial charge in [0.1, 0.15) is 0 Å². The molecular formula is C25H19NO. The number of aromatic nitrogens is 1. The summed E-state index contributed by atoms with van der Waals surface area (Å²) in [6, 6.07) is 18.9. The van der Waals surface area contributed by atoms with E-state index >= 15 is 0 Å². The number of pyridine rings is 1. The van der Waals surface area contributed by atoms with Crippen LogP contribution in [-0.2, 0) is 0 Å². The molecule has 0 aliphatic heterocycles. The lowest BCUT2D eigenvalue weighted by atomic mass is 9.82. The summed E-state index contributed by atoms with van der Waals surface area (Å²) in [4.78, 5) is 17.9. The summed E-state index contributed by atoms with van der Waals surface area (Å²) in [6.45, 7) is 6.22. The van der Waals surface area contributed by atoms with Crippen molar-refractivity contribution < 1.29 is 4.79 Å². The van der Waals surface area contributed by atoms with E-state index in [9.17, 15) is 4.79 Å². The Bertz CT molecular complexity index is 1250. The summed E-state index contributed by atoms with van der Waals surface area (Å²) < 4.78 is 0. The Morgan fingerprint density at radius 2 is 1.48 bits per heavy atom. The Morgan fingerprint density at radius 1 is 0.704 bits per heavy atom. The van der Waals surface area contributed by atoms with E-state index in [0.29, 0.717) is 5.56 Å². The molecule has 0 spiro atoms. The molecular weight excluding hydrogens is 330 g/mol. The third kappa shape index (κ3) is 2.33. The number of hydrogen-bond donors (Lipinski definition) is 0. The highest BCUT2D eigenvalue weighted by Crippen LogP contribution is 2.42. The van der Waals surface area contributed by atoms with E-state index in [-0.39, 0.29) is 5.78 Å². The predicted octanol–water partition coefficient (Wildman–Crippen LogP) is 6.04. The van der Waals surface area contributed by atoms with Gasteiger partial charge in [-0.25, -0.2) is 0 Å². The normalized spacial score (nSPS) is 12.3. The van der Waals surface area contributed by atoms with Crippen molar-refractivity contribution in [1.29, 1.82) is 0 Å². The summed E-state index contributed by atoms with van der Waals surface area (Å²) in [7, 11) is 0. The second-order valence-corrected chi connectivity index (χ2v) is 7.50. The van der Waals surface area contributed by atoms with Crippen molar-refractivity contribution in [1.82, 2.24) is 4.98 Å². The lowest BCUT2D eigenvalue weighted by Gasteiger charge is -2.21. The highest BCUT2D eigenvalue weighted by atomic mass is 16.1. The third-order valence-electron chi connectivity index (χ3n) is 5.36. The van der Waals surface area contributed by atoms with Crippen molar-refractivity contribution in [3.05, 3.63) is 88.6 Å². The van der Waals surface area contributed by atoms with Crippen molar-refractivity contribution in [3.63, 3.8) is 0 Å². The summed E-state index contributed by atoms with van der Waals surface area (Å²) in [5, 5.41) is 2.05. The zero-order valence-corrected chi connectivity index (χ0v) is 15.6. The van der Waals surface area contributed by atoms with E-state index in [4.69, 9.17) is 4.98 Å². The van der Waals surface area contributed by atoms with Crippen LogP contribution in [0.5, 0.6) is 0 Å². The molecule has 5 rings (SSSR count). The molecule has 0 bridgehead atoms. The Morgan fingerprint density at radius 3 is 2.26 bits per heavy atom. The zero-order chi connectivity index (χ0) is 18.7. The molecule has 0 atom stereocenters. The Labute approximate surface area is 158 Å². The van der Waals surface area contributed by atoms with Gasteiger partial charge in [-0.05, 0) is 50.1 Å². The van der Waals surface area contributed by atoms with Crippen LogP contribution in [0.4, 0.5) is 0 Å². The summed E-state index contributed by atoms with van der Waals surface area (Å²) >= 11 is 0. The van der Waals surface area contributed by atoms with Crippen molar-refractivity contribution >= 4 is 16.6 Å². The fourth-order valence-electron chi connectivity index (χ4n) is 4.27. The van der Waals surface area contributed by atoms with Gasteiger partial charge in [-0.3, -0.25) is 9.78 Å². The first-order valence-electron chi connectivity index (χ1n) is 9.19. The van der Waals surface area contributed by atoms with Crippen molar-refractivity contribution in [2.75, 3.05) is 0 Å². The summed E-state index contributed by atoms with van der Waals surface area (Å²) in [5.41, 5.74) is 9.16. The SMILES string of the molecule is Cc1cc(C)cc(-c2ncc3c4c(cccc24)-c2ccc(C)cc2C3=O)c1. The van der Waals surface area contributed by atoms with Gasteiger partial charge in [0.15, 0.2) is 5.78 Å². The van der Waals surface area contributed by atoms with Gasteiger partial charge in [0, 0.05) is 33.7 Å². The molecule has 1 aliphatic rings. The molecule has 0 saturated heterocycles. The van der Waals surface area contributed by atoms with Gasteiger partial charge in [0.25, 0.3) is 0 Å². The molecule has 0 unspecified atom stereocenters. The third-order valence-corrected chi connectivity index (χ3v) is 5.36. The van der Waals surface area contributed by atoms with E-state index < -0.39 is 0 Å². The van der Waals surface area contributed by atoms with Crippen LogP contribution in [0.25, 0.3) is 33.2 Å². The molecule has 0 radical (unpaired) electrons. The Kier molecular flexibility index (Phi) is 3.32. The van der Waals surface area contributed by atoms with Crippen molar-refractivity contribution in [3.8, 4) is 22.4 Å². The van der Waals surface area contributed by atoms with Crippen LogP contribution in [0.2, 0.25) is 0 Å². The lowest BCUT2D eigenvalue weighted by molar-refractivity contribution is 0.104. The summed E-state index contributed by atoms with van der Waals surface area (Å²) in [5.74, 6) is 0.0665. The van der Waals surface area contributed by atoms with E-state index in [1.807, 2.05) is 13.0 Å². The molecule has 27 heavy (non-hydrogen) atoms. The first kappa shape index (κ1) is 16.0. The van der Waals surface area contributed by atoms with Gasteiger partial charge in [-0.1, -0.05) is 53.1 Å². The minimum atomic E-state index is 0.0665. The molecule has 1 aromatic heterocycles. The number of hydrogen-bond acceptors (Lipinski definition) is 2. The minimum Gasteiger partial charge on any atom is -0.289 e. The monoisotopic (exact) mass is 349 g/mol. The van der Waals surface area contributed by atoms with Gasteiger partial charge in [-0.2, -0.15) is 0 Å². The van der Waals surface area contributed by atoms with E-state index in [1.54, 1.807) is 6.20 Å². The second kappa shape index (κ2) is 5.62. The van der Waals surface area contributed by atoms with Gasteiger partial charge in [-0.15, -0.1) is 0 Å². The standard InChI is InChI=1S/C25H19NO/c1-14-7-8-18-19-5-4-6-20-23(19)22(25(27)21(18)12-14)13-26-24(20)17-10-15(2)9-16(3)11-17/h4-13H,1-3H3. The molecule has 2 nitrogen and oxygen atoms in total. The topological polar surface area (TPSA) is 30.0 Å². The lowest BCUT2D eigenvalue weighted by Crippen LogP contribution is -2.11. The average molecular weight is 349 g/mol. The maximum absolute atomic E-state index is 13.2. The summed E-state index contributed by atoms with van der Waals surface area (Å²) in [6.07, 6.45) is 1.76. The minimum absolute atomic E-state index is 0.0665. The number of ketones is 1. The van der Waals surface area contributed by atoms with Crippen LogP contribution >= 0.6 is 0 Å². The molecule has 1 heterocycles. The number of benzene rings is 3. The maximum atomic E-state index is 13.2. The first-order chi connectivity index (χ1) is 13.0. The molecule has 2 heteroatoms. The fraction of sp³-hybridized carbons (Fsp3) is 0.120. The number of carbonyl (C=O) groups excluding carboxylic acids is 1. The fourth-order valence-corrected chi connectivity index (χ4v) is 4.27. The van der Waals surface area contributed by atoms with E-state index in [1.165, 1.54) is 11.1 Å². The van der Waals surface area contributed by atoms with Crippen LogP contribution in [0.3, 0.4) is 0 Å². The van der Waals surface area contributed by atoms with Gasteiger partial charge in [0.2, 0.25) is 0 Å². The zero-order valence-electron chi connectivity index (χ0n) is 15.6. The second-order valence-electron chi connectivity index (χ2n) is 7.50. The highest BCUT2D eigenvalue weighted by Gasteiger charge is 2.26. The number of rotatable bonds is 1. The molecule has 0 N–H and O–H groups in total. The molecule has 3 aromatic carbocycles. The van der Waals surface area contributed by atoms with Gasteiger partial charge in [0.05, 0.1) is 5.69 Å². The average Bonchev–Trinajstić information content (AvgIpc) is 2.64. The van der Waals surface area contributed by atoms with Crippen LogP contribution in [0.1, 0.15) is 32.6 Å². The predicted molar refractivity (Wildman–Crippen MR) is 110 cm³/mol. The van der Waals surface area contributed by atoms with Crippen molar-refractivity contribution in [2.24, 2.45) is 0 Å². The van der Waals surface area contributed by atoms with Crippen LogP contribution < -0.4 is 0 Å².